The van der Waals surface area contributed by atoms with Crippen molar-refractivity contribution in [3.05, 3.63) is 71.9 Å². The molecule has 1 aliphatic carbocycles. The number of nitrogens with one attached hydrogen (secondary N) is 1. The van der Waals surface area contributed by atoms with Crippen molar-refractivity contribution in [3.8, 4) is 5.75 Å². The molecule has 0 bridgehead atoms. The molecule has 1 N–H and O–H groups in total. The first-order valence-corrected chi connectivity index (χ1v) is 15.5. The zero-order valence-corrected chi connectivity index (χ0v) is 23.7. The summed E-state index contributed by atoms with van der Waals surface area (Å²) in [5, 5.41) is 0. The van der Waals surface area contributed by atoms with Crippen LogP contribution in [0.4, 0.5) is 29.1 Å². The number of alkyl halides is 3. The summed E-state index contributed by atoms with van der Waals surface area (Å²) in [5.74, 6) is -1.62. The van der Waals surface area contributed by atoms with Crippen LogP contribution in [0.2, 0.25) is 0 Å². The van der Waals surface area contributed by atoms with Gasteiger partial charge in [0.05, 0.1) is 17.3 Å². The van der Waals surface area contributed by atoms with E-state index in [0.717, 1.165) is 50.5 Å². The van der Waals surface area contributed by atoms with E-state index in [-0.39, 0.29) is 35.8 Å². The van der Waals surface area contributed by atoms with Crippen LogP contribution in [0, 0.1) is 5.82 Å². The summed E-state index contributed by atoms with van der Waals surface area (Å²) in [4.78, 5) is 24.0. The monoisotopic (exact) mass is 619 g/mol. The van der Waals surface area contributed by atoms with Gasteiger partial charge in [0, 0.05) is 24.4 Å². The Morgan fingerprint density at radius 3 is 2.53 bits per heavy atom. The lowest BCUT2D eigenvalue weighted by Crippen LogP contribution is -2.57. The molecule has 1 aromatic heterocycles. The van der Waals surface area contributed by atoms with Gasteiger partial charge in [-0.3, -0.25) is 14.4 Å². The number of carbonyl (C=O) groups excluding carboxylic acids is 1. The Bertz CT molecular complexity index is 1620. The van der Waals surface area contributed by atoms with Gasteiger partial charge in [0.15, 0.2) is 6.61 Å². The number of aromatic nitrogens is 2. The highest BCUT2D eigenvalue weighted by Gasteiger charge is 2.44. The summed E-state index contributed by atoms with van der Waals surface area (Å²) in [6, 6.07) is 8.17. The SMILES string of the molecule is O=C1COc2cc(S(=O)(=O)Nc3ccncn3)c(F)cc2N1[C@H]1CC[C@H](c2cccc(C(F)(F)F)c2)C[C@@H]1N1CCCC1. The number of ether oxygens (including phenoxy) is 1. The Balaban J connectivity index is 1.32. The Kier molecular flexibility index (Phi) is 7.75. The fraction of sp³-hybridized carbons (Fsp3) is 0.414. The van der Waals surface area contributed by atoms with E-state index >= 15 is 4.39 Å². The van der Waals surface area contributed by atoms with Crippen molar-refractivity contribution < 1.29 is 35.5 Å². The number of amides is 1. The summed E-state index contributed by atoms with van der Waals surface area (Å²) < 4.78 is 89.7. The lowest BCUT2D eigenvalue weighted by molar-refractivity contribution is -0.137. The Morgan fingerprint density at radius 1 is 1.02 bits per heavy atom. The molecule has 2 aliphatic heterocycles. The van der Waals surface area contributed by atoms with Gasteiger partial charge < -0.3 is 9.64 Å². The molecule has 0 unspecified atom stereocenters. The van der Waals surface area contributed by atoms with Gasteiger partial charge >= 0.3 is 6.18 Å². The molecule has 3 aromatic rings. The van der Waals surface area contributed by atoms with Crippen LogP contribution < -0.4 is 14.4 Å². The van der Waals surface area contributed by atoms with Crippen molar-refractivity contribution in [3.63, 3.8) is 0 Å². The van der Waals surface area contributed by atoms with Crippen LogP contribution in [0.1, 0.15) is 49.1 Å². The summed E-state index contributed by atoms with van der Waals surface area (Å²) in [6.07, 6.45) is 1.44. The van der Waals surface area contributed by atoms with E-state index in [2.05, 4.69) is 19.6 Å². The lowest BCUT2D eigenvalue weighted by atomic mass is 9.77. The topological polar surface area (TPSA) is 105 Å². The van der Waals surface area contributed by atoms with E-state index < -0.39 is 44.4 Å². The van der Waals surface area contributed by atoms with Gasteiger partial charge in [-0.05, 0) is 68.8 Å². The zero-order chi connectivity index (χ0) is 30.4. The van der Waals surface area contributed by atoms with E-state index in [9.17, 15) is 26.4 Å². The summed E-state index contributed by atoms with van der Waals surface area (Å²) in [6.45, 7) is 1.20. The lowest BCUT2D eigenvalue weighted by Gasteiger charge is -2.47. The number of carbonyl (C=O) groups is 1. The van der Waals surface area contributed by atoms with Crippen LogP contribution in [0.25, 0.3) is 0 Å². The molecule has 3 atom stereocenters. The number of likely N-dealkylation sites (tertiary alicyclic amines) is 1. The molecule has 1 saturated carbocycles. The highest BCUT2D eigenvalue weighted by atomic mass is 32.2. The second-order valence-corrected chi connectivity index (χ2v) is 12.7. The van der Waals surface area contributed by atoms with E-state index in [1.54, 1.807) is 6.07 Å². The van der Waals surface area contributed by atoms with Gasteiger partial charge in [0.1, 0.15) is 28.6 Å². The molecule has 0 radical (unpaired) electrons. The van der Waals surface area contributed by atoms with Crippen molar-refractivity contribution in [2.75, 3.05) is 29.3 Å². The van der Waals surface area contributed by atoms with E-state index in [0.29, 0.717) is 24.8 Å². The van der Waals surface area contributed by atoms with Crippen LogP contribution in [0.3, 0.4) is 0 Å². The third-order valence-electron chi connectivity index (χ3n) is 8.41. The average molecular weight is 620 g/mol. The standard InChI is InChI=1S/C29H29F4N5O4S/c30-21-14-24-25(15-26(21)43(40,41)36-27-8-9-34-17-35-27)42-16-28(39)38(24)22-7-6-19(13-23(22)37-10-1-2-11-37)18-4-3-5-20(12-18)29(31,32)33/h3-5,8-9,12,14-15,17,19,22-23H,1-2,6-7,10-11,13,16H2,(H,34,35,36)/t19-,22-,23-/m0/s1. The highest BCUT2D eigenvalue weighted by Crippen LogP contribution is 2.44. The molecule has 43 heavy (non-hydrogen) atoms. The van der Waals surface area contributed by atoms with Gasteiger partial charge in [-0.1, -0.05) is 18.2 Å². The van der Waals surface area contributed by atoms with Crippen molar-refractivity contribution in [1.82, 2.24) is 14.9 Å². The van der Waals surface area contributed by atoms with Crippen molar-refractivity contribution >= 4 is 27.4 Å². The van der Waals surface area contributed by atoms with Gasteiger partial charge in [0.2, 0.25) is 0 Å². The van der Waals surface area contributed by atoms with E-state index in [1.165, 1.54) is 29.3 Å². The highest BCUT2D eigenvalue weighted by molar-refractivity contribution is 7.92. The van der Waals surface area contributed by atoms with Crippen molar-refractivity contribution in [2.45, 2.75) is 61.2 Å². The number of fused-ring (bicyclic) bond motifs is 1. The largest absolute Gasteiger partial charge is 0.482 e. The zero-order valence-electron chi connectivity index (χ0n) is 22.9. The number of sulfonamides is 1. The molecule has 0 spiro atoms. The molecular weight excluding hydrogens is 590 g/mol. The Morgan fingerprint density at radius 2 is 1.81 bits per heavy atom. The molecule has 9 nitrogen and oxygen atoms in total. The Labute approximate surface area is 245 Å². The molecule has 14 heteroatoms. The first kappa shape index (κ1) is 29.3. The molecule has 6 rings (SSSR count). The van der Waals surface area contributed by atoms with Gasteiger partial charge in [-0.2, -0.15) is 13.2 Å². The third-order valence-corrected chi connectivity index (χ3v) is 9.78. The fourth-order valence-corrected chi connectivity index (χ4v) is 7.54. The average Bonchev–Trinajstić information content (AvgIpc) is 3.52. The van der Waals surface area contributed by atoms with E-state index in [4.69, 9.17) is 4.74 Å². The Hall–Kier alpha value is -3.78. The first-order chi connectivity index (χ1) is 20.5. The predicted octanol–water partition coefficient (Wildman–Crippen LogP) is 4.96. The van der Waals surface area contributed by atoms with Gasteiger partial charge in [-0.15, -0.1) is 0 Å². The molecule has 1 saturated heterocycles. The van der Waals surface area contributed by atoms with Crippen LogP contribution in [-0.2, 0) is 21.0 Å². The van der Waals surface area contributed by atoms with Crippen LogP contribution >= 0.6 is 0 Å². The molecular formula is C29H29F4N5O4S. The van der Waals surface area contributed by atoms with E-state index in [1.807, 2.05) is 0 Å². The summed E-state index contributed by atoms with van der Waals surface area (Å²) >= 11 is 0. The quantitative estimate of drug-likeness (QED) is 0.389. The number of hydrogen-bond acceptors (Lipinski definition) is 7. The summed E-state index contributed by atoms with van der Waals surface area (Å²) in [5.41, 5.74) is 0.0299. The fourth-order valence-electron chi connectivity index (χ4n) is 6.45. The minimum Gasteiger partial charge on any atom is -0.482 e. The maximum Gasteiger partial charge on any atom is 0.416 e. The molecule has 3 aliphatic rings. The number of rotatable bonds is 6. The molecule has 2 fully saturated rings. The third kappa shape index (κ3) is 5.90. The van der Waals surface area contributed by atoms with Crippen molar-refractivity contribution in [1.29, 1.82) is 0 Å². The predicted molar refractivity (Wildman–Crippen MR) is 149 cm³/mol. The van der Waals surface area contributed by atoms with Crippen LogP contribution in [0.5, 0.6) is 5.75 Å². The molecule has 2 aromatic carbocycles. The van der Waals surface area contributed by atoms with Gasteiger partial charge in [0.25, 0.3) is 15.9 Å². The molecule has 1 amide bonds. The normalized spacial score (nSPS) is 23.1. The smallest absolute Gasteiger partial charge is 0.416 e. The van der Waals surface area contributed by atoms with Gasteiger partial charge in [-0.25, -0.2) is 22.8 Å². The number of nitrogens with zero attached hydrogens (tertiary/aromatic N) is 4. The number of anilines is 2. The maximum absolute atomic E-state index is 15.5. The first-order valence-electron chi connectivity index (χ1n) is 14.0. The van der Waals surface area contributed by atoms with Crippen molar-refractivity contribution in [2.24, 2.45) is 0 Å². The second kappa shape index (κ2) is 11.4. The van der Waals surface area contributed by atoms with Crippen LogP contribution in [-0.4, -0.2) is 61.0 Å². The number of halogens is 4. The number of benzene rings is 2. The van der Waals surface area contributed by atoms with Crippen LogP contribution in [0.15, 0.2) is 59.9 Å². The molecule has 3 heterocycles. The second-order valence-electron chi connectivity index (χ2n) is 11.0. The minimum absolute atomic E-state index is 0.0455. The number of hydrogen-bond donors (Lipinski definition) is 1. The minimum atomic E-state index is -4.45. The summed E-state index contributed by atoms with van der Waals surface area (Å²) in [7, 11) is -4.40. The maximum atomic E-state index is 15.5. The molecule has 228 valence electrons.